The summed E-state index contributed by atoms with van der Waals surface area (Å²) in [7, 11) is 0. The lowest BCUT2D eigenvalue weighted by molar-refractivity contribution is 0.209. The number of rotatable bonds is 4. The van der Waals surface area contributed by atoms with Crippen molar-refractivity contribution in [3.8, 4) is 0 Å². The van der Waals surface area contributed by atoms with Gasteiger partial charge in [-0.3, -0.25) is 0 Å². The van der Waals surface area contributed by atoms with Gasteiger partial charge in [0.25, 0.3) is 0 Å². The third-order valence-electron chi connectivity index (χ3n) is 2.57. The first-order valence-corrected chi connectivity index (χ1v) is 5.11. The summed E-state index contributed by atoms with van der Waals surface area (Å²) in [6.45, 7) is 1.40. The monoisotopic (exact) mass is 209 g/mol. The molecule has 0 aliphatic carbocycles. The van der Waals surface area contributed by atoms with Crippen molar-refractivity contribution in [2.45, 2.75) is 12.5 Å². The zero-order chi connectivity index (χ0) is 10.7. The number of aliphatic hydroxyl groups is 1. The molecule has 0 bridgehead atoms. The van der Waals surface area contributed by atoms with Crippen molar-refractivity contribution in [2.75, 3.05) is 19.7 Å². The highest BCUT2D eigenvalue weighted by atomic mass is 16.3. The van der Waals surface area contributed by atoms with E-state index in [2.05, 4.69) is 10.3 Å². The topological polar surface area (TPSA) is 68.4 Å². The van der Waals surface area contributed by atoms with Gasteiger partial charge in [0.1, 0.15) is 0 Å². The molecular weight excluding hydrogens is 194 g/mol. The van der Waals surface area contributed by atoms with E-state index in [0.717, 1.165) is 5.69 Å². The van der Waals surface area contributed by atoms with E-state index in [1.165, 1.54) is 0 Å². The number of aromatic nitrogens is 1. The average molecular weight is 209 g/mol. The Bertz CT molecular complexity index is 323. The minimum Gasteiger partial charge on any atom is -0.396 e. The molecule has 3 N–H and O–H groups in total. The van der Waals surface area contributed by atoms with Crippen LogP contribution in [0.25, 0.3) is 0 Å². The van der Waals surface area contributed by atoms with Gasteiger partial charge in [0.05, 0.1) is 6.04 Å². The fourth-order valence-corrected chi connectivity index (χ4v) is 1.78. The fraction of sp³-hybridized carbons (Fsp3) is 0.500. The van der Waals surface area contributed by atoms with Crippen molar-refractivity contribution in [3.63, 3.8) is 0 Å². The van der Waals surface area contributed by atoms with Crippen molar-refractivity contribution >= 4 is 6.03 Å². The lowest BCUT2D eigenvalue weighted by Gasteiger charge is -2.12. The molecule has 0 aromatic carbocycles. The molecule has 1 saturated heterocycles. The largest absolute Gasteiger partial charge is 0.396 e. The van der Waals surface area contributed by atoms with Gasteiger partial charge in [-0.2, -0.15) is 0 Å². The van der Waals surface area contributed by atoms with Crippen molar-refractivity contribution < 1.29 is 9.90 Å². The molecular formula is C10H15N3O2. The van der Waals surface area contributed by atoms with Gasteiger partial charge in [0.2, 0.25) is 0 Å². The molecule has 1 atom stereocenters. The summed E-state index contributed by atoms with van der Waals surface area (Å²) in [6.07, 6.45) is 2.47. The Hall–Kier alpha value is -1.49. The highest BCUT2D eigenvalue weighted by Gasteiger charge is 2.29. The van der Waals surface area contributed by atoms with Gasteiger partial charge < -0.3 is 20.3 Å². The standard InChI is InChI=1S/C10H15N3O2/c14-6-2-5-13-7-9(12-10(13)15)8-3-1-4-11-8/h1,3-4,9,11,14H,2,5-7H2,(H,12,15). The number of hydrogen-bond donors (Lipinski definition) is 3. The molecule has 1 fully saturated rings. The van der Waals surface area contributed by atoms with Crippen molar-refractivity contribution in [3.05, 3.63) is 24.0 Å². The van der Waals surface area contributed by atoms with Gasteiger partial charge in [-0.25, -0.2) is 4.79 Å². The minimum atomic E-state index is -0.0527. The first-order valence-electron chi connectivity index (χ1n) is 5.11. The summed E-state index contributed by atoms with van der Waals surface area (Å²) in [5, 5.41) is 11.6. The zero-order valence-electron chi connectivity index (χ0n) is 8.44. The van der Waals surface area contributed by atoms with Crippen LogP contribution in [0.15, 0.2) is 18.3 Å². The van der Waals surface area contributed by atoms with Crippen LogP contribution in [0, 0.1) is 0 Å². The van der Waals surface area contributed by atoms with Crippen LogP contribution in [-0.2, 0) is 0 Å². The molecule has 0 spiro atoms. The molecule has 82 valence electrons. The molecule has 2 rings (SSSR count). The predicted molar refractivity (Wildman–Crippen MR) is 55.3 cm³/mol. The summed E-state index contributed by atoms with van der Waals surface area (Å²) in [5.41, 5.74) is 1.02. The van der Waals surface area contributed by atoms with Crippen LogP contribution in [0.2, 0.25) is 0 Å². The molecule has 1 aromatic heterocycles. The van der Waals surface area contributed by atoms with E-state index in [-0.39, 0.29) is 18.7 Å². The average Bonchev–Trinajstić information content (AvgIpc) is 2.83. The molecule has 0 saturated carbocycles. The van der Waals surface area contributed by atoms with E-state index < -0.39 is 0 Å². The molecule has 1 aromatic rings. The maximum Gasteiger partial charge on any atom is 0.318 e. The maximum atomic E-state index is 11.5. The lowest BCUT2D eigenvalue weighted by atomic mass is 10.2. The van der Waals surface area contributed by atoms with Crippen molar-refractivity contribution in [2.24, 2.45) is 0 Å². The Morgan fingerprint density at radius 2 is 2.47 bits per heavy atom. The van der Waals surface area contributed by atoms with E-state index in [1.807, 2.05) is 18.3 Å². The molecule has 2 heterocycles. The Labute approximate surface area is 88.1 Å². The van der Waals surface area contributed by atoms with Crippen LogP contribution in [0.4, 0.5) is 4.79 Å². The third kappa shape index (κ3) is 2.12. The molecule has 0 radical (unpaired) electrons. The number of hydrogen-bond acceptors (Lipinski definition) is 2. The number of nitrogens with one attached hydrogen (secondary N) is 2. The van der Waals surface area contributed by atoms with Gasteiger partial charge in [0, 0.05) is 31.6 Å². The van der Waals surface area contributed by atoms with Gasteiger partial charge in [-0.05, 0) is 18.6 Å². The molecule has 5 heteroatoms. The van der Waals surface area contributed by atoms with Gasteiger partial charge in [0.15, 0.2) is 0 Å². The van der Waals surface area contributed by atoms with Crippen LogP contribution in [0.3, 0.4) is 0 Å². The number of aromatic amines is 1. The van der Waals surface area contributed by atoms with Crippen LogP contribution in [0.1, 0.15) is 18.2 Å². The number of H-pyrrole nitrogens is 1. The van der Waals surface area contributed by atoms with Crippen LogP contribution in [-0.4, -0.2) is 40.7 Å². The Morgan fingerprint density at radius 3 is 3.13 bits per heavy atom. The number of amides is 2. The maximum absolute atomic E-state index is 11.5. The second kappa shape index (κ2) is 4.35. The molecule has 1 aliphatic heterocycles. The third-order valence-corrected chi connectivity index (χ3v) is 2.57. The summed E-state index contributed by atoms with van der Waals surface area (Å²) < 4.78 is 0. The quantitative estimate of drug-likeness (QED) is 0.674. The van der Waals surface area contributed by atoms with Crippen LogP contribution < -0.4 is 5.32 Å². The summed E-state index contributed by atoms with van der Waals surface area (Å²) in [4.78, 5) is 16.3. The Kier molecular flexibility index (Phi) is 2.91. The van der Waals surface area contributed by atoms with E-state index in [4.69, 9.17) is 5.11 Å². The fourth-order valence-electron chi connectivity index (χ4n) is 1.78. The second-order valence-corrected chi connectivity index (χ2v) is 3.65. The van der Waals surface area contributed by atoms with E-state index in [1.54, 1.807) is 4.90 Å². The molecule has 1 unspecified atom stereocenters. The number of carbonyl (C=O) groups excluding carboxylic acids is 1. The van der Waals surface area contributed by atoms with Gasteiger partial charge >= 0.3 is 6.03 Å². The molecule has 2 amide bonds. The first-order chi connectivity index (χ1) is 7.31. The number of nitrogens with zero attached hydrogens (tertiary/aromatic N) is 1. The summed E-state index contributed by atoms with van der Waals surface area (Å²) >= 11 is 0. The van der Waals surface area contributed by atoms with E-state index in [0.29, 0.717) is 19.5 Å². The molecule has 1 aliphatic rings. The number of carbonyl (C=O) groups is 1. The highest BCUT2D eigenvalue weighted by molar-refractivity contribution is 5.77. The zero-order valence-corrected chi connectivity index (χ0v) is 8.44. The highest BCUT2D eigenvalue weighted by Crippen LogP contribution is 2.18. The SMILES string of the molecule is O=C1NC(c2ccc[nH]2)CN1CCCO. The van der Waals surface area contributed by atoms with Crippen LogP contribution >= 0.6 is 0 Å². The lowest BCUT2D eigenvalue weighted by Crippen LogP contribution is -2.29. The first kappa shape index (κ1) is 10.0. The Morgan fingerprint density at radius 1 is 1.60 bits per heavy atom. The second-order valence-electron chi connectivity index (χ2n) is 3.65. The van der Waals surface area contributed by atoms with Crippen LogP contribution in [0.5, 0.6) is 0 Å². The normalized spacial score (nSPS) is 20.7. The summed E-state index contributed by atoms with van der Waals surface area (Å²) in [6, 6.07) is 3.87. The minimum absolute atomic E-state index is 0.0474. The van der Waals surface area contributed by atoms with Crippen molar-refractivity contribution in [1.82, 2.24) is 15.2 Å². The summed E-state index contributed by atoms with van der Waals surface area (Å²) in [5.74, 6) is 0. The van der Waals surface area contributed by atoms with Crippen molar-refractivity contribution in [1.29, 1.82) is 0 Å². The van der Waals surface area contributed by atoms with E-state index in [9.17, 15) is 4.79 Å². The van der Waals surface area contributed by atoms with Gasteiger partial charge in [-0.1, -0.05) is 0 Å². The van der Waals surface area contributed by atoms with E-state index >= 15 is 0 Å². The Balaban J connectivity index is 1.95. The number of urea groups is 1. The molecule has 15 heavy (non-hydrogen) atoms. The molecule has 5 nitrogen and oxygen atoms in total. The smallest absolute Gasteiger partial charge is 0.318 e. The van der Waals surface area contributed by atoms with Gasteiger partial charge in [-0.15, -0.1) is 0 Å². The predicted octanol–water partition coefficient (Wildman–Crippen LogP) is 0.463. The number of aliphatic hydroxyl groups excluding tert-OH is 1.